The smallest absolute Gasteiger partial charge is 0.142 e. The summed E-state index contributed by atoms with van der Waals surface area (Å²) in [6.45, 7) is 0.872. The molecule has 3 aromatic rings. The van der Waals surface area contributed by atoms with E-state index in [0.29, 0.717) is 0 Å². The van der Waals surface area contributed by atoms with E-state index in [2.05, 4.69) is 47.8 Å². The lowest BCUT2D eigenvalue weighted by Crippen LogP contribution is -2.11. The molecule has 0 amide bonds. The first-order valence-corrected chi connectivity index (χ1v) is 8.74. The maximum atomic E-state index is 5.60. The molecule has 1 N–H and O–H groups in total. The van der Waals surface area contributed by atoms with Gasteiger partial charge in [-0.2, -0.15) is 5.10 Å². The van der Waals surface area contributed by atoms with Gasteiger partial charge in [-0.25, -0.2) is 0 Å². The largest absolute Gasteiger partial charge is 0.495 e. The Balaban J connectivity index is 1.55. The van der Waals surface area contributed by atoms with Gasteiger partial charge >= 0.3 is 0 Å². The van der Waals surface area contributed by atoms with Crippen LogP contribution in [0.1, 0.15) is 6.42 Å². The maximum Gasteiger partial charge on any atom is 0.142 e. The summed E-state index contributed by atoms with van der Waals surface area (Å²) < 4.78 is 5.60. The van der Waals surface area contributed by atoms with Crippen molar-refractivity contribution in [1.29, 1.82) is 0 Å². The Morgan fingerprint density at radius 1 is 0.885 bits per heavy atom. The summed E-state index contributed by atoms with van der Waals surface area (Å²) in [7, 11) is 1.70. The van der Waals surface area contributed by atoms with Gasteiger partial charge in [0.1, 0.15) is 11.6 Å². The van der Waals surface area contributed by atoms with Crippen LogP contribution in [0.3, 0.4) is 0 Å². The summed E-state index contributed by atoms with van der Waals surface area (Å²) in [5.41, 5.74) is 4.34. The van der Waals surface area contributed by atoms with Crippen LogP contribution in [0.15, 0.2) is 84.0 Å². The normalized spacial score (nSPS) is 13.4. The molecule has 0 bridgehead atoms. The van der Waals surface area contributed by atoms with Gasteiger partial charge in [-0.05, 0) is 35.4 Å². The number of para-hydroxylation sites is 1. The lowest BCUT2D eigenvalue weighted by molar-refractivity contribution is 0.417. The molecule has 0 radical (unpaired) electrons. The van der Waals surface area contributed by atoms with Crippen molar-refractivity contribution in [2.75, 3.05) is 24.0 Å². The van der Waals surface area contributed by atoms with E-state index in [4.69, 9.17) is 9.84 Å². The number of nitrogens with zero attached hydrogens (tertiary/aromatic N) is 2. The van der Waals surface area contributed by atoms with Gasteiger partial charge < -0.3 is 10.1 Å². The first kappa shape index (κ1) is 16.2. The highest BCUT2D eigenvalue weighted by Gasteiger charge is 2.17. The minimum atomic E-state index is 0.812. The van der Waals surface area contributed by atoms with Gasteiger partial charge in [0.05, 0.1) is 18.5 Å². The second kappa shape index (κ2) is 7.31. The molecule has 1 heterocycles. The highest BCUT2D eigenvalue weighted by atomic mass is 16.5. The van der Waals surface area contributed by atoms with Crippen molar-refractivity contribution >= 4 is 17.2 Å². The second-order valence-corrected chi connectivity index (χ2v) is 6.16. The molecule has 4 heteroatoms. The number of rotatable bonds is 4. The van der Waals surface area contributed by atoms with Crippen molar-refractivity contribution in [3.8, 4) is 16.9 Å². The predicted molar refractivity (Wildman–Crippen MR) is 108 cm³/mol. The highest BCUT2D eigenvalue weighted by molar-refractivity contribution is 5.99. The topological polar surface area (TPSA) is 36.9 Å². The van der Waals surface area contributed by atoms with Gasteiger partial charge in [0.15, 0.2) is 0 Å². The monoisotopic (exact) mass is 343 g/mol. The number of ether oxygens (including phenoxy) is 1. The van der Waals surface area contributed by atoms with Gasteiger partial charge in [0, 0.05) is 13.0 Å². The van der Waals surface area contributed by atoms with Crippen LogP contribution in [0.5, 0.6) is 5.75 Å². The molecular weight excluding hydrogens is 322 g/mol. The molecule has 0 aromatic heterocycles. The average Bonchev–Trinajstić information content (AvgIpc) is 3.18. The Morgan fingerprint density at radius 3 is 2.35 bits per heavy atom. The van der Waals surface area contributed by atoms with E-state index >= 15 is 0 Å². The van der Waals surface area contributed by atoms with E-state index in [1.54, 1.807) is 7.11 Å². The Labute approximate surface area is 153 Å². The molecule has 4 rings (SSSR count). The van der Waals surface area contributed by atoms with Crippen LogP contribution in [0.25, 0.3) is 11.1 Å². The summed E-state index contributed by atoms with van der Waals surface area (Å²) in [4.78, 5) is 0. The summed E-state index contributed by atoms with van der Waals surface area (Å²) in [5, 5.41) is 10.1. The van der Waals surface area contributed by atoms with Crippen LogP contribution in [-0.4, -0.2) is 19.5 Å². The summed E-state index contributed by atoms with van der Waals surface area (Å²) in [6.07, 6.45) is 0.873. The van der Waals surface area contributed by atoms with Crippen molar-refractivity contribution < 1.29 is 4.74 Å². The highest BCUT2D eigenvalue weighted by Crippen LogP contribution is 2.31. The number of nitrogens with one attached hydrogen (secondary N) is 1. The zero-order valence-corrected chi connectivity index (χ0v) is 14.7. The van der Waals surface area contributed by atoms with Crippen molar-refractivity contribution in [3.05, 3.63) is 78.9 Å². The molecule has 0 fully saturated rings. The standard InChI is InChI=1S/C22H21N3O/c1-26-21-16-18(17-8-4-2-5-9-17)12-13-20(21)23-22-14-15-25(24-22)19-10-6-3-7-11-19/h2-13,16H,14-15H2,1H3,(H,23,24). The molecule has 26 heavy (non-hydrogen) atoms. The Morgan fingerprint density at radius 2 is 1.62 bits per heavy atom. The lowest BCUT2D eigenvalue weighted by atomic mass is 10.0. The lowest BCUT2D eigenvalue weighted by Gasteiger charge is -2.13. The van der Waals surface area contributed by atoms with Gasteiger partial charge in [-0.1, -0.05) is 54.6 Å². The van der Waals surface area contributed by atoms with E-state index in [1.807, 2.05) is 41.4 Å². The van der Waals surface area contributed by atoms with Crippen LogP contribution in [0.4, 0.5) is 11.4 Å². The van der Waals surface area contributed by atoms with E-state index in [0.717, 1.165) is 41.5 Å². The minimum absolute atomic E-state index is 0.812. The van der Waals surface area contributed by atoms with Gasteiger partial charge in [-0.3, -0.25) is 5.01 Å². The molecule has 1 aliphatic rings. The summed E-state index contributed by atoms with van der Waals surface area (Å²) in [5.74, 6) is 1.76. The van der Waals surface area contributed by atoms with Crippen molar-refractivity contribution in [1.82, 2.24) is 0 Å². The maximum absolute atomic E-state index is 5.60. The van der Waals surface area contributed by atoms with Crippen LogP contribution in [0.2, 0.25) is 0 Å². The van der Waals surface area contributed by atoms with E-state index < -0.39 is 0 Å². The average molecular weight is 343 g/mol. The quantitative estimate of drug-likeness (QED) is 0.724. The third-order valence-electron chi connectivity index (χ3n) is 4.44. The number of hydrogen-bond acceptors (Lipinski definition) is 4. The number of benzene rings is 3. The Kier molecular flexibility index (Phi) is 4.56. The van der Waals surface area contributed by atoms with Crippen LogP contribution in [0, 0.1) is 0 Å². The molecular formula is C22H21N3O. The third-order valence-corrected chi connectivity index (χ3v) is 4.44. The van der Waals surface area contributed by atoms with Crippen LogP contribution < -0.4 is 15.1 Å². The van der Waals surface area contributed by atoms with Crippen molar-refractivity contribution in [3.63, 3.8) is 0 Å². The first-order chi connectivity index (χ1) is 12.8. The summed E-state index contributed by atoms with van der Waals surface area (Å²) >= 11 is 0. The number of methoxy groups -OCH3 is 1. The fourth-order valence-electron chi connectivity index (χ4n) is 3.09. The molecule has 0 saturated heterocycles. The number of hydrazone groups is 1. The van der Waals surface area contributed by atoms with Crippen molar-refractivity contribution in [2.45, 2.75) is 6.42 Å². The van der Waals surface area contributed by atoms with E-state index in [9.17, 15) is 0 Å². The molecule has 0 atom stereocenters. The molecule has 3 aromatic carbocycles. The predicted octanol–water partition coefficient (Wildman–Crippen LogP) is 5.00. The zero-order chi connectivity index (χ0) is 17.8. The van der Waals surface area contributed by atoms with Gasteiger partial charge in [0.2, 0.25) is 0 Å². The van der Waals surface area contributed by atoms with Crippen molar-refractivity contribution in [2.24, 2.45) is 5.10 Å². The fourth-order valence-corrected chi connectivity index (χ4v) is 3.09. The van der Waals surface area contributed by atoms with Crippen LogP contribution in [-0.2, 0) is 0 Å². The molecule has 0 unspecified atom stereocenters. The van der Waals surface area contributed by atoms with E-state index in [1.165, 1.54) is 5.56 Å². The minimum Gasteiger partial charge on any atom is -0.495 e. The molecule has 1 aliphatic heterocycles. The molecule has 4 nitrogen and oxygen atoms in total. The second-order valence-electron chi connectivity index (χ2n) is 6.16. The van der Waals surface area contributed by atoms with E-state index in [-0.39, 0.29) is 0 Å². The van der Waals surface area contributed by atoms with Gasteiger partial charge in [-0.15, -0.1) is 0 Å². The van der Waals surface area contributed by atoms with Crippen LogP contribution >= 0.6 is 0 Å². The third kappa shape index (κ3) is 3.40. The number of anilines is 2. The zero-order valence-electron chi connectivity index (χ0n) is 14.7. The SMILES string of the molecule is COc1cc(-c2ccccc2)ccc1NC1=NN(c2ccccc2)CC1. The molecule has 0 spiro atoms. The van der Waals surface area contributed by atoms with Gasteiger partial charge in [0.25, 0.3) is 0 Å². The Hall–Kier alpha value is -3.27. The molecule has 0 saturated carbocycles. The molecule has 130 valence electrons. The first-order valence-electron chi connectivity index (χ1n) is 8.74. The summed E-state index contributed by atoms with van der Waals surface area (Å²) in [6, 6.07) is 26.7. The molecule has 0 aliphatic carbocycles. The number of amidine groups is 1. The number of hydrogen-bond donors (Lipinski definition) is 1. The fraction of sp³-hybridized carbons (Fsp3) is 0.136. The Bertz CT molecular complexity index is 907.